The Bertz CT molecular complexity index is 597. The third kappa shape index (κ3) is 2.77. The SMILES string of the molecule is CCCC=Cc1ccc2cc(C(=O)O)ccc2c1. The summed E-state index contributed by atoms with van der Waals surface area (Å²) < 4.78 is 0. The van der Waals surface area contributed by atoms with Gasteiger partial charge in [0.1, 0.15) is 0 Å². The first kappa shape index (κ1) is 12.4. The zero-order valence-corrected chi connectivity index (χ0v) is 10.4. The molecular weight excluding hydrogens is 224 g/mol. The number of aromatic carboxylic acids is 1. The molecule has 0 aliphatic carbocycles. The molecule has 0 radical (unpaired) electrons. The first-order valence-electron chi connectivity index (χ1n) is 6.14. The molecule has 2 aromatic carbocycles. The van der Waals surface area contributed by atoms with Gasteiger partial charge in [0.15, 0.2) is 0 Å². The largest absolute Gasteiger partial charge is 0.478 e. The van der Waals surface area contributed by atoms with E-state index in [4.69, 9.17) is 5.11 Å². The number of fused-ring (bicyclic) bond motifs is 1. The lowest BCUT2D eigenvalue weighted by molar-refractivity contribution is 0.0697. The second-order valence-electron chi connectivity index (χ2n) is 4.32. The highest BCUT2D eigenvalue weighted by molar-refractivity contribution is 5.94. The molecule has 2 nitrogen and oxygen atoms in total. The summed E-state index contributed by atoms with van der Waals surface area (Å²) in [5.74, 6) is -0.885. The Balaban J connectivity index is 2.35. The number of hydrogen-bond acceptors (Lipinski definition) is 1. The molecule has 0 spiro atoms. The normalized spacial score (nSPS) is 11.2. The molecule has 0 saturated heterocycles. The molecule has 0 aromatic heterocycles. The summed E-state index contributed by atoms with van der Waals surface area (Å²) in [6.07, 6.45) is 6.49. The summed E-state index contributed by atoms with van der Waals surface area (Å²) in [7, 11) is 0. The lowest BCUT2D eigenvalue weighted by atomic mass is 10.0. The molecule has 0 atom stereocenters. The fourth-order valence-corrected chi connectivity index (χ4v) is 1.89. The van der Waals surface area contributed by atoms with Crippen molar-refractivity contribution in [3.8, 4) is 0 Å². The maximum atomic E-state index is 10.9. The van der Waals surface area contributed by atoms with E-state index in [2.05, 4.69) is 25.1 Å². The van der Waals surface area contributed by atoms with E-state index in [1.54, 1.807) is 12.1 Å². The first-order chi connectivity index (χ1) is 8.70. The average molecular weight is 240 g/mol. The molecule has 0 saturated carbocycles. The van der Waals surface area contributed by atoms with Gasteiger partial charge in [0.2, 0.25) is 0 Å². The highest BCUT2D eigenvalue weighted by Gasteiger charge is 2.03. The number of rotatable bonds is 4. The molecule has 0 bridgehead atoms. The minimum absolute atomic E-state index is 0.330. The zero-order chi connectivity index (χ0) is 13.0. The van der Waals surface area contributed by atoms with Gasteiger partial charge in [-0.3, -0.25) is 0 Å². The van der Waals surface area contributed by atoms with Crippen LogP contribution in [0, 0.1) is 0 Å². The van der Waals surface area contributed by atoms with Crippen molar-refractivity contribution >= 4 is 22.8 Å². The quantitative estimate of drug-likeness (QED) is 0.862. The van der Waals surface area contributed by atoms with Crippen LogP contribution in [0.5, 0.6) is 0 Å². The minimum Gasteiger partial charge on any atom is -0.478 e. The average Bonchev–Trinajstić information content (AvgIpc) is 2.38. The molecule has 0 fully saturated rings. The lowest BCUT2D eigenvalue weighted by Gasteiger charge is -2.01. The predicted octanol–water partition coefficient (Wildman–Crippen LogP) is 4.35. The Hall–Kier alpha value is -2.09. The minimum atomic E-state index is -0.885. The van der Waals surface area contributed by atoms with Crippen molar-refractivity contribution < 1.29 is 9.90 Å². The number of hydrogen-bond donors (Lipinski definition) is 1. The van der Waals surface area contributed by atoms with Gasteiger partial charge in [-0.15, -0.1) is 0 Å². The van der Waals surface area contributed by atoms with Crippen molar-refractivity contribution in [1.29, 1.82) is 0 Å². The summed E-state index contributed by atoms with van der Waals surface area (Å²) in [5.41, 5.74) is 1.48. The molecule has 0 heterocycles. The van der Waals surface area contributed by atoms with Crippen molar-refractivity contribution in [2.24, 2.45) is 0 Å². The lowest BCUT2D eigenvalue weighted by Crippen LogP contribution is -1.95. The van der Waals surface area contributed by atoms with Crippen LogP contribution >= 0.6 is 0 Å². The summed E-state index contributed by atoms with van der Waals surface area (Å²) in [5, 5.41) is 11.0. The van der Waals surface area contributed by atoms with E-state index < -0.39 is 5.97 Å². The maximum absolute atomic E-state index is 10.9. The molecule has 0 aliphatic heterocycles. The van der Waals surface area contributed by atoms with Gasteiger partial charge in [-0.2, -0.15) is 0 Å². The van der Waals surface area contributed by atoms with Gasteiger partial charge in [0, 0.05) is 0 Å². The third-order valence-electron chi connectivity index (χ3n) is 2.88. The number of carboxylic acids is 1. The molecule has 1 N–H and O–H groups in total. The second-order valence-corrected chi connectivity index (χ2v) is 4.32. The van der Waals surface area contributed by atoms with Gasteiger partial charge in [-0.1, -0.05) is 43.7 Å². The molecule has 92 valence electrons. The topological polar surface area (TPSA) is 37.3 Å². The van der Waals surface area contributed by atoms with Gasteiger partial charge < -0.3 is 5.11 Å². The second kappa shape index (κ2) is 5.50. The number of carboxylic acid groups (broad SMARTS) is 1. The van der Waals surface area contributed by atoms with Crippen LogP contribution in [0.3, 0.4) is 0 Å². The summed E-state index contributed by atoms with van der Waals surface area (Å²) in [4.78, 5) is 10.9. The Morgan fingerprint density at radius 1 is 1.17 bits per heavy atom. The monoisotopic (exact) mass is 240 g/mol. The predicted molar refractivity (Wildman–Crippen MR) is 74.8 cm³/mol. The maximum Gasteiger partial charge on any atom is 0.335 e. The van der Waals surface area contributed by atoms with Gasteiger partial charge in [-0.05, 0) is 41.0 Å². The smallest absolute Gasteiger partial charge is 0.335 e. The van der Waals surface area contributed by atoms with E-state index in [1.165, 1.54) is 0 Å². The molecule has 2 aromatic rings. The van der Waals surface area contributed by atoms with E-state index >= 15 is 0 Å². The highest BCUT2D eigenvalue weighted by atomic mass is 16.4. The Labute approximate surface area is 107 Å². The number of benzene rings is 2. The van der Waals surface area contributed by atoms with E-state index in [0.717, 1.165) is 29.2 Å². The highest BCUT2D eigenvalue weighted by Crippen LogP contribution is 2.19. The van der Waals surface area contributed by atoms with Gasteiger partial charge >= 0.3 is 5.97 Å². The van der Waals surface area contributed by atoms with Crippen LogP contribution < -0.4 is 0 Å². The molecule has 0 amide bonds. The van der Waals surface area contributed by atoms with Crippen LogP contribution in [0.15, 0.2) is 42.5 Å². The standard InChI is InChI=1S/C16H16O2/c1-2-3-4-5-12-6-7-14-11-15(16(17)18)9-8-13(14)10-12/h4-11H,2-3H2,1H3,(H,17,18). The van der Waals surface area contributed by atoms with Crippen LogP contribution in [0.2, 0.25) is 0 Å². The van der Waals surface area contributed by atoms with E-state index in [0.29, 0.717) is 5.56 Å². The van der Waals surface area contributed by atoms with Crippen molar-refractivity contribution in [3.63, 3.8) is 0 Å². The Kier molecular flexibility index (Phi) is 3.78. The molecular formula is C16H16O2. The summed E-state index contributed by atoms with van der Waals surface area (Å²) in [6.45, 7) is 2.15. The third-order valence-corrected chi connectivity index (χ3v) is 2.88. The molecule has 2 rings (SSSR count). The van der Waals surface area contributed by atoms with Crippen molar-refractivity contribution in [2.75, 3.05) is 0 Å². The van der Waals surface area contributed by atoms with E-state index in [-0.39, 0.29) is 0 Å². The Morgan fingerprint density at radius 3 is 2.61 bits per heavy atom. The number of allylic oxidation sites excluding steroid dienone is 1. The molecule has 0 aliphatic rings. The first-order valence-corrected chi connectivity index (χ1v) is 6.14. The fraction of sp³-hybridized carbons (Fsp3) is 0.188. The fourth-order valence-electron chi connectivity index (χ4n) is 1.89. The van der Waals surface area contributed by atoms with Crippen LogP contribution in [-0.2, 0) is 0 Å². The van der Waals surface area contributed by atoms with Crippen molar-refractivity contribution in [2.45, 2.75) is 19.8 Å². The van der Waals surface area contributed by atoms with Crippen LogP contribution in [0.25, 0.3) is 16.8 Å². The summed E-state index contributed by atoms with van der Waals surface area (Å²) in [6, 6.07) is 11.3. The number of unbranched alkanes of at least 4 members (excludes halogenated alkanes) is 1. The Morgan fingerprint density at radius 2 is 1.89 bits per heavy atom. The van der Waals surface area contributed by atoms with Gasteiger partial charge in [0.05, 0.1) is 5.56 Å². The van der Waals surface area contributed by atoms with Crippen molar-refractivity contribution in [3.05, 3.63) is 53.6 Å². The van der Waals surface area contributed by atoms with Gasteiger partial charge in [-0.25, -0.2) is 4.79 Å². The van der Waals surface area contributed by atoms with E-state index in [9.17, 15) is 4.79 Å². The molecule has 0 unspecified atom stereocenters. The van der Waals surface area contributed by atoms with Crippen LogP contribution in [0.4, 0.5) is 0 Å². The molecule has 18 heavy (non-hydrogen) atoms. The zero-order valence-electron chi connectivity index (χ0n) is 10.4. The summed E-state index contributed by atoms with van der Waals surface area (Å²) >= 11 is 0. The van der Waals surface area contributed by atoms with E-state index in [1.807, 2.05) is 18.2 Å². The van der Waals surface area contributed by atoms with Crippen molar-refractivity contribution in [1.82, 2.24) is 0 Å². The van der Waals surface area contributed by atoms with Crippen LogP contribution in [0.1, 0.15) is 35.7 Å². The van der Waals surface area contributed by atoms with Gasteiger partial charge in [0.25, 0.3) is 0 Å². The number of carbonyl (C=O) groups is 1. The van der Waals surface area contributed by atoms with Crippen LogP contribution in [-0.4, -0.2) is 11.1 Å². The molecule has 2 heteroatoms.